The zero-order chi connectivity index (χ0) is 15.8. The second kappa shape index (κ2) is 5.58. The quantitative estimate of drug-likeness (QED) is 0.789. The summed E-state index contributed by atoms with van der Waals surface area (Å²) in [6.45, 7) is 0.778. The van der Waals surface area contributed by atoms with Crippen LogP contribution in [0.1, 0.15) is 35.6 Å². The first kappa shape index (κ1) is 14.1. The average molecular weight is 304 g/mol. The molecule has 0 saturated heterocycles. The molecule has 0 saturated carbocycles. The molecule has 2 N–H and O–H groups in total. The molecule has 1 aromatic heterocycles. The van der Waals surface area contributed by atoms with Crippen LogP contribution in [0.5, 0.6) is 0 Å². The third-order valence-electron chi connectivity index (χ3n) is 4.90. The summed E-state index contributed by atoms with van der Waals surface area (Å²) in [5.74, 6) is -0.377. The van der Waals surface area contributed by atoms with Gasteiger partial charge in [-0.2, -0.15) is 0 Å². The Labute approximate surface area is 135 Å². The minimum Gasteiger partial charge on any atom is -0.369 e. The first-order chi connectivity index (χ1) is 11.3. The number of hydrogen-bond donors (Lipinski definition) is 1. The molecule has 1 atom stereocenters. The van der Waals surface area contributed by atoms with Crippen molar-refractivity contribution in [3.05, 3.63) is 71.4 Å². The van der Waals surface area contributed by atoms with Gasteiger partial charge in [-0.25, -0.2) is 0 Å². The summed E-state index contributed by atoms with van der Waals surface area (Å²) in [6.07, 6.45) is 2.91. The maximum atomic E-state index is 12.0. The Morgan fingerprint density at radius 2 is 1.83 bits per heavy atom. The van der Waals surface area contributed by atoms with Crippen molar-refractivity contribution in [2.24, 2.45) is 5.73 Å². The molecule has 1 aliphatic rings. The Kier molecular flexibility index (Phi) is 3.41. The molecule has 3 heteroatoms. The van der Waals surface area contributed by atoms with Crippen LogP contribution in [0.15, 0.2) is 54.6 Å². The molecule has 1 aliphatic carbocycles. The molecule has 0 fully saturated rings. The summed E-state index contributed by atoms with van der Waals surface area (Å²) in [5.41, 5.74) is 10.6. The van der Waals surface area contributed by atoms with Gasteiger partial charge in [-0.15, -0.1) is 0 Å². The van der Waals surface area contributed by atoms with Crippen molar-refractivity contribution in [3.63, 3.8) is 0 Å². The van der Waals surface area contributed by atoms with Crippen molar-refractivity contribution < 1.29 is 4.79 Å². The van der Waals surface area contributed by atoms with E-state index in [1.807, 2.05) is 6.07 Å². The molecule has 0 bridgehead atoms. The van der Waals surface area contributed by atoms with Crippen LogP contribution >= 0.6 is 0 Å². The topological polar surface area (TPSA) is 48.0 Å². The average Bonchev–Trinajstić information content (AvgIpc) is 2.90. The summed E-state index contributed by atoms with van der Waals surface area (Å²) >= 11 is 0. The number of benzene rings is 2. The van der Waals surface area contributed by atoms with Crippen LogP contribution < -0.4 is 5.73 Å². The molecule has 1 heterocycles. The first-order valence-corrected chi connectivity index (χ1v) is 8.19. The van der Waals surface area contributed by atoms with Crippen LogP contribution in [0, 0.1) is 0 Å². The lowest BCUT2D eigenvalue weighted by atomic mass is 9.86. The molecule has 116 valence electrons. The van der Waals surface area contributed by atoms with Gasteiger partial charge in [0.15, 0.2) is 0 Å². The Balaban J connectivity index is 1.94. The lowest BCUT2D eigenvalue weighted by molar-refractivity contribution is -0.119. The fraction of sp³-hybridized carbons (Fsp3) is 0.250. The highest BCUT2D eigenvalue weighted by atomic mass is 16.1. The van der Waals surface area contributed by atoms with Gasteiger partial charge in [0.05, 0.1) is 5.92 Å². The van der Waals surface area contributed by atoms with Gasteiger partial charge in [-0.1, -0.05) is 48.5 Å². The molecular formula is C20H20N2O. The molecule has 1 amide bonds. The minimum absolute atomic E-state index is 0.171. The Hall–Kier alpha value is -2.55. The van der Waals surface area contributed by atoms with Gasteiger partial charge in [-0.3, -0.25) is 4.79 Å². The normalized spacial score (nSPS) is 17.1. The summed E-state index contributed by atoms with van der Waals surface area (Å²) in [4.78, 5) is 12.0. The number of carbonyl (C=O) groups excluding carboxylic acids is 1. The predicted octanol–water partition coefficient (Wildman–Crippen LogP) is 3.59. The van der Waals surface area contributed by atoms with Crippen LogP contribution in [-0.4, -0.2) is 10.5 Å². The highest BCUT2D eigenvalue weighted by Gasteiger charge is 2.30. The number of hydrogen-bond acceptors (Lipinski definition) is 1. The van der Waals surface area contributed by atoms with E-state index in [9.17, 15) is 4.79 Å². The molecule has 4 rings (SSSR count). The van der Waals surface area contributed by atoms with E-state index in [1.165, 1.54) is 22.0 Å². The molecule has 3 aromatic rings. The van der Waals surface area contributed by atoms with Crippen LogP contribution in [0.25, 0.3) is 10.9 Å². The van der Waals surface area contributed by atoms with E-state index >= 15 is 0 Å². The number of fused-ring (bicyclic) bond motifs is 3. The molecular weight excluding hydrogens is 284 g/mol. The standard InChI is InChI=1S/C20H20N2O/c21-20(23)17-11-6-10-16-15-9-4-5-12-18(15)22(19(16)17)13-14-7-2-1-3-8-14/h1-5,7-9,12,17H,6,10-11,13H2,(H2,21,23)/t17-/m0/s1. The summed E-state index contributed by atoms with van der Waals surface area (Å²) < 4.78 is 2.30. The number of aryl methyl sites for hydroxylation is 1. The molecule has 2 aromatic carbocycles. The van der Waals surface area contributed by atoms with Crippen LogP contribution in [0.2, 0.25) is 0 Å². The Bertz CT molecular complexity index is 864. The van der Waals surface area contributed by atoms with Crippen molar-refractivity contribution in [2.45, 2.75) is 31.7 Å². The number of amides is 1. The van der Waals surface area contributed by atoms with Crippen LogP contribution in [0.4, 0.5) is 0 Å². The van der Waals surface area contributed by atoms with E-state index < -0.39 is 0 Å². The van der Waals surface area contributed by atoms with Gasteiger partial charge >= 0.3 is 0 Å². The maximum absolute atomic E-state index is 12.0. The van der Waals surface area contributed by atoms with Gasteiger partial charge in [0.1, 0.15) is 0 Å². The van der Waals surface area contributed by atoms with E-state index in [-0.39, 0.29) is 11.8 Å². The Morgan fingerprint density at radius 1 is 1.09 bits per heavy atom. The SMILES string of the molecule is NC(=O)[C@H]1CCCc2c1n(Cc1ccccc1)c1ccccc21. The largest absolute Gasteiger partial charge is 0.369 e. The van der Waals surface area contributed by atoms with Crippen molar-refractivity contribution in [1.29, 1.82) is 0 Å². The summed E-state index contributed by atoms with van der Waals surface area (Å²) in [7, 11) is 0. The van der Waals surface area contributed by atoms with Crippen LogP contribution in [0.3, 0.4) is 0 Å². The van der Waals surface area contributed by atoms with Gasteiger partial charge < -0.3 is 10.3 Å². The second-order valence-electron chi connectivity index (χ2n) is 6.30. The van der Waals surface area contributed by atoms with Gasteiger partial charge in [0, 0.05) is 23.1 Å². The zero-order valence-corrected chi connectivity index (χ0v) is 13.0. The highest BCUT2D eigenvalue weighted by molar-refractivity contribution is 5.90. The molecule has 0 radical (unpaired) electrons. The number of aromatic nitrogens is 1. The van der Waals surface area contributed by atoms with E-state index in [4.69, 9.17) is 5.73 Å². The smallest absolute Gasteiger partial charge is 0.226 e. The monoisotopic (exact) mass is 304 g/mol. The first-order valence-electron chi connectivity index (χ1n) is 8.19. The maximum Gasteiger partial charge on any atom is 0.226 e. The fourth-order valence-electron chi connectivity index (χ4n) is 3.89. The lowest BCUT2D eigenvalue weighted by Crippen LogP contribution is -2.27. The van der Waals surface area contributed by atoms with Gasteiger partial charge in [0.25, 0.3) is 0 Å². The molecule has 0 spiro atoms. The number of primary amides is 1. The van der Waals surface area contributed by atoms with E-state index in [0.29, 0.717) is 0 Å². The van der Waals surface area contributed by atoms with Crippen molar-refractivity contribution >= 4 is 16.8 Å². The summed E-state index contributed by atoms with van der Waals surface area (Å²) in [6, 6.07) is 18.8. The number of nitrogens with zero attached hydrogens (tertiary/aromatic N) is 1. The van der Waals surface area contributed by atoms with Gasteiger partial charge in [-0.05, 0) is 36.5 Å². The van der Waals surface area contributed by atoms with Gasteiger partial charge in [0.2, 0.25) is 5.91 Å². The van der Waals surface area contributed by atoms with Crippen molar-refractivity contribution in [2.75, 3.05) is 0 Å². The minimum atomic E-state index is -0.205. The number of nitrogens with two attached hydrogens (primary N) is 1. The molecule has 23 heavy (non-hydrogen) atoms. The second-order valence-corrected chi connectivity index (χ2v) is 6.30. The van der Waals surface area contributed by atoms with E-state index in [2.05, 4.69) is 53.1 Å². The fourth-order valence-corrected chi connectivity index (χ4v) is 3.89. The number of carbonyl (C=O) groups is 1. The van der Waals surface area contributed by atoms with Crippen LogP contribution in [-0.2, 0) is 17.8 Å². The van der Waals surface area contributed by atoms with Crippen molar-refractivity contribution in [3.8, 4) is 0 Å². The third-order valence-corrected chi connectivity index (χ3v) is 4.90. The number of rotatable bonds is 3. The number of para-hydroxylation sites is 1. The van der Waals surface area contributed by atoms with Crippen molar-refractivity contribution in [1.82, 2.24) is 4.57 Å². The highest BCUT2D eigenvalue weighted by Crippen LogP contribution is 2.38. The zero-order valence-electron chi connectivity index (χ0n) is 13.0. The molecule has 0 aliphatic heterocycles. The Morgan fingerprint density at radius 3 is 2.61 bits per heavy atom. The molecule has 0 unspecified atom stereocenters. The van der Waals surface area contributed by atoms with E-state index in [1.54, 1.807) is 0 Å². The predicted molar refractivity (Wildman–Crippen MR) is 92.4 cm³/mol. The molecule has 3 nitrogen and oxygen atoms in total. The lowest BCUT2D eigenvalue weighted by Gasteiger charge is -2.23. The summed E-state index contributed by atoms with van der Waals surface area (Å²) in [5, 5.41) is 1.27. The third kappa shape index (κ3) is 2.33. The van der Waals surface area contributed by atoms with E-state index in [0.717, 1.165) is 31.5 Å².